The molecular weight excluding hydrogens is 384 g/mol. The van der Waals surface area contributed by atoms with Crippen molar-refractivity contribution in [3.8, 4) is 11.6 Å². The number of hydrogen-bond acceptors (Lipinski definition) is 7. The van der Waals surface area contributed by atoms with Crippen molar-refractivity contribution >= 4 is 16.9 Å². The van der Waals surface area contributed by atoms with Gasteiger partial charge in [-0.25, -0.2) is 14.8 Å². The van der Waals surface area contributed by atoms with E-state index in [1.54, 1.807) is 6.92 Å². The number of para-hydroxylation sites is 1. The van der Waals surface area contributed by atoms with Gasteiger partial charge in [0.2, 0.25) is 5.88 Å². The van der Waals surface area contributed by atoms with Crippen molar-refractivity contribution in [2.75, 3.05) is 26.4 Å². The summed E-state index contributed by atoms with van der Waals surface area (Å²) in [5, 5.41) is 0.870. The largest absolute Gasteiger partial charge is 0.490 e. The van der Waals surface area contributed by atoms with Crippen LogP contribution in [0.4, 0.5) is 0 Å². The van der Waals surface area contributed by atoms with Gasteiger partial charge in [-0.2, -0.15) is 0 Å². The van der Waals surface area contributed by atoms with E-state index in [-0.39, 0.29) is 5.97 Å². The molecule has 2 aromatic carbocycles. The molecule has 0 saturated carbocycles. The summed E-state index contributed by atoms with van der Waals surface area (Å²) in [6, 6.07) is 15.3. The molecule has 0 fully saturated rings. The second-order valence-electron chi connectivity index (χ2n) is 6.44. The number of nitrogens with zero attached hydrogens (tertiary/aromatic N) is 2. The molecule has 1 atom stereocenters. The van der Waals surface area contributed by atoms with Gasteiger partial charge in [-0.15, -0.1) is 0 Å². The smallest absolute Gasteiger partial charge is 0.335 e. The van der Waals surface area contributed by atoms with Crippen LogP contribution in [-0.2, 0) is 20.7 Å². The predicted octanol–water partition coefficient (Wildman–Crippen LogP) is 3.60. The standard InChI is InChI=1S/C23H26N2O5/c1-3-27-21(23(26)28-4-2)15-17-9-11-18(12-10-17)29-13-14-30-22-19-7-5-6-8-20(19)24-16-25-22/h5-12,16,21H,3-4,13-15H2,1-2H3. The fourth-order valence-corrected chi connectivity index (χ4v) is 2.98. The second-order valence-corrected chi connectivity index (χ2v) is 6.44. The summed E-state index contributed by atoms with van der Waals surface area (Å²) >= 11 is 0. The lowest BCUT2D eigenvalue weighted by atomic mass is 10.1. The van der Waals surface area contributed by atoms with E-state index in [0.29, 0.717) is 38.7 Å². The number of rotatable bonds is 11. The molecule has 0 aliphatic carbocycles. The van der Waals surface area contributed by atoms with Crippen molar-refractivity contribution in [1.29, 1.82) is 0 Å². The zero-order valence-corrected chi connectivity index (χ0v) is 17.2. The van der Waals surface area contributed by atoms with E-state index in [9.17, 15) is 4.79 Å². The molecule has 0 bridgehead atoms. The number of hydrogen-bond donors (Lipinski definition) is 0. The number of carbonyl (C=O) groups excluding carboxylic acids is 1. The molecule has 158 valence electrons. The second kappa shape index (κ2) is 11.1. The summed E-state index contributed by atoms with van der Waals surface area (Å²) in [6.45, 7) is 5.16. The van der Waals surface area contributed by atoms with Gasteiger partial charge in [-0.1, -0.05) is 24.3 Å². The van der Waals surface area contributed by atoms with E-state index in [0.717, 1.165) is 22.2 Å². The van der Waals surface area contributed by atoms with E-state index >= 15 is 0 Å². The van der Waals surface area contributed by atoms with Crippen molar-refractivity contribution in [3.05, 3.63) is 60.4 Å². The first-order chi connectivity index (χ1) is 14.7. The third-order valence-corrected chi connectivity index (χ3v) is 4.36. The fourth-order valence-electron chi connectivity index (χ4n) is 2.98. The summed E-state index contributed by atoms with van der Waals surface area (Å²) in [7, 11) is 0. The van der Waals surface area contributed by atoms with Crippen LogP contribution in [0.2, 0.25) is 0 Å². The summed E-state index contributed by atoms with van der Waals surface area (Å²) in [4.78, 5) is 20.4. The molecular formula is C23H26N2O5. The Hall–Kier alpha value is -3.19. The quantitative estimate of drug-likeness (QED) is 0.353. The SMILES string of the molecule is CCOC(=O)C(Cc1ccc(OCCOc2ncnc3ccccc23)cc1)OCC. The minimum Gasteiger partial charge on any atom is -0.490 e. The fraction of sp³-hybridized carbons (Fsp3) is 0.348. The lowest BCUT2D eigenvalue weighted by Gasteiger charge is -2.16. The molecule has 0 N–H and O–H groups in total. The summed E-state index contributed by atoms with van der Waals surface area (Å²) < 4.78 is 22.1. The highest BCUT2D eigenvalue weighted by Crippen LogP contribution is 2.20. The lowest BCUT2D eigenvalue weighted by Crippen LogP contribution is -2.28. The molecule has 7 nitrogen and oxygen atoms in total. The number of esters is 1. The van der Waals surface area contributed by atoms with Crippen LogP contribution < -0.4 is 9.47 Å². The zero-order valence-electron chi connectivity index (χ0n) is 17.2. The average Bonchev–Trinajstić information content (AvgIpc) is 2.77. The Labute approximate surface area is 176 Å². The summed E-state index contributed by atoms with van der Waals surface area (Å²) in [5.41, 5.74) is 1.81. The maximum Gasteiger partial charge on any atom is 0.335 e. The minimum atomic E-state index is -0.599. The molecule has 0 amide bonds. The molecule has 3 rings (SSSR count). The van der Waals surface area contributed by atoms with E-state index < -0.39 is 6.10 Å². The average molecular weight is 410 g/mol. The van der Waals surface area contributed by atoms with Crippen molar-refractivity contribution in [2.24, 2.45) is 0 Å². The molecule has 0 saturated heterocycles. The third-order valence-electron chi connectivity index (χ3n) is 4.36. The molecule has 30 heavy (non-hydrogen) atoms. The van der Waals surface area contributed by atoms with Crippen molar-refractivity contribution < 1.29 is 23.7 Å². The molecule has 0 radical (unpaired) electrons. The first-order valence-corrected chi connectivity index (χ1v) is 10.0. The molecule has 3 aromatic rings. The van der Waals surface area contributed by atoms with Gasteiger partial charge in [-0.05, 0) is 43.7 Å². The predicted molar refractivity (Wildman–Crippen MR) is 113 cm³/mol. The topological polar surface area (TPSA) is 79.8 Å². The van der Waals surface area contributed by atoms with Gasteiger partial charge >= 0.3 is 5.97 Å². The molecule has 1 heterocycles. The van der Waals surface area contributed by atoms with Gasteiger partial charge in [0.1, 0.15) is 25.3 Å². The van der Waals surface area contributed by atoms with Crippen LogP contribution in [0.25, 0.3) is 10.9 Å². The Morgan fingerprint density at radius 3 is 2.47 bits per heavy atom. The van der Waals surface area contributed by atoms with Crippen LogP contribution in [0, 0.1) is 0 Å². The van der Waals surface area contributed by atoms with Gasteiger partial charge in [0, 0.05) is 13.0 Å². The Morgan fingerprint density at radius 2 is 1.70 bits per heavy atom. The van der Waals surface area contributed by atoms with E-state index in [2.05, 4.69) is 9.97 Å². The molecule has 1 aromatic heterocycles. The van der Waals surface area contributed by atoms with Gasteiger partial charge in [0.05, 0.1) is 17.5 Å². The molecule has 0 aliphatic rings. The monoisotopic (exact) mass is 410 g/mol. The number of benzene rings is 2. The lowest BCUT2D eigenvalue weighted by molar-refractivity contribution is -0.156. The van der Waals surface area contributed by atoms with Gasteiger partial charge < -0.3 is 18.9 Å². The van der Waals surface area contributed by atoms with Crippen LogP contribution in [0.5, 0.6) is 11.6 Å². The van der Waals surface area contributed by atoms with Crippen molar-refractivity contribution in [1.82, 2.24) is 9.97 Å². The highest BCUT2D eigenvalue weighted by Gasteiger charge is 2.20. The summed E-state index contributed by atoms with van der Waals surface area (Å²) in [6.07, 6.45) is 1.35. The first kappa shape index (κ1) is 21.5. The Morgan fingerprint density at radius 1 is 0.933 bits per heavy atom. The van der Waals surface area contributed by atoms with E-state index in [1.165, 1.54) is 6.33 Å². The number of ether oxygens (including phenoxy) is 4. The third kappa shape index (κ3) is 5.90. The number of carbonyl (C=O) groups is 1. The molecule has 0 spiro atoms. The van der Waals surface area contributed by atoms with Crippen LogP contribution in [0.15, 0.2) is 54.9 Å². The van der Waals surface area contributed by atoms with Gasteiger partial charge in [0.15, 0.2) is 6.10 Å². The van der Waals surface area contributed by atoms with Crippen LogP contribution >= 0.6 is 0 Å². The molecule has 0 aliphatic heterocycles. The van der Waals surface area contributed by atoms with E-state index in [1.807, 2.05) is 55.5 Å². The number of fused-ring (bicyclic) bond motifs is 1. The Bertz CT molecular complexity index is 940. The zero-order chi connectivity index (χ0) is 21.2. The highest BCUT2D eigenvalue weighted by atomic mass is 16.6. The Balaban J connectivity index is 1.49. The normalized spacial score (nSPS) is 11.8. The van der Waals surface area contributed by atoms with Crippen molar-refractivity contribution in [2.45, 2.75) is 26.4 Å². The van der Waals surface area contributed by atoms with Crippen LogP contribution in [0.1, 0.15) is 19.4 Å². The maximum absolute atomic E-state index is 12.0. The van der Waals surface area contributed by atoms with Gasteiger partial charge in [-0.3, -0.25) is 0 Å². The maximum atomic E-state index is 12.0. The van der Waals surface area contributed by atoms with E-state index in [4.69, 9.17) is 18.9 Å². The molecule has 7 heteroatoms. The van der Waals surface area contributed by atoms with Crippen LogP contribution in [-0.4, -0.2) is 48.5 Å². The summed E-state index contributed by atoms with van der Waals surface area (Å²) in [5.74, 6) is 0.925. The van der Waals surface area contributed by atoms with Gasteiger partial charge in [0.25, 0.3) is 0 Å². The number of aromatic nitrogens is 2. The van der Waals surface area contributed by atoms with Crippen LogP contribution in [0.3, 0.4) is 0 Å². The Kier molecular flexibility index (Phi) is 7.97. The van der Waals surface area contributed by atoms with Crippen molar-refractivity contribution in [3.63, 3.8) is 0 Å². The first-order valence-electron chi connectivity index (χ1n) is 10.0. The minimum absolute atomic E-state index is 0.335. The molecule has 1 unspecified atom stereocenters. The highest BCUT2D eigenvalue weighted by molar-refractivity contribution is 5.82.